The number of hydrogen-bond donors (Lipinski definition) is 0. The van der Waals surface area contributed by atoms with Crippen LogP contribution in [0.2, 0.25) is 0 Å². The molecule has 1 heteroatoms. The first kappa shape index (κ1) is 38.6. The van der Waals surface area contributed by atoms with Crippen molar-refractivity contribution in [3.8, 4) is 22.6 Å². The highest BCUT2D eigenvalue weighted by atomic mass is 16.5. The average molecular weight is 649 g/mol. The van der Waals surface area contributed by atoms with Gasteiger partial charge < -0.3 is 4.74 Å². The predicted octanol–water partition coefficient (Wildman–Crippen LogP) is 13.9. The molecule has 49 heavy (non-hydrogen) atoms. The van der Waals surface area contributed by atoms with Gasteiger partial charge in [0.25, 0.3) is 0 Å². The smallest absolute Gasteiger partial charge is 0.127 e. The van der Waals surface area contributed by atoms with E-state index in [2.05, 4.69) is 156 Å². The second-order valence-electron chi connectivity index (χ2n) is 13.5. The van der Waals surface area contributed by atoms with Crippen molar-refractivity contribution in [1.82, 2.24) is 0 Å². The van der Waals surface area contributed by atoms with Crippen LogP contribution in [0.4, 0.5) is 0 Å². The fourth-order valence-electron chi connectivity index (χ4n) is 4.93. The monoisotopic (exact) mass is 648 g/mol. The Morgan fingerprint density at radius 1 is 0.245 bits per heavy atom. The summed E-state index contributed by atoms with van der Waals surface area (Å²) in [4.78, 5) is 0. The Hall–Kier alpha value is -4.88. The molecule has 0 saturated carbocycles. The van der Waals surface area contributed by atoms with Crippen molar-refractivity contribution in [2.45, 2.75) is 83.1 Å². The fourth-order valence-corrected chi connectivity index (χ4v) is 4.93. The standard InChI is InChI=1S/C16H18.C14H14O.C10H14.C8H10/c1-11-5-7-15(9-13(11)3)16-8-6-12(2)14(4)10-16;1-11-3-7-13(8-4-11)15-14-9-5-12(2)6-10-14;1-7-5-9(3)10(4)6-8(7)2;1-7-3-5-8(2)6-4-7/h5-10H,1-4H3;3-10H,1-2H3;5-6H,1-4H3;3-6H,1-2H3. The van der Waals surface area contributed by atoms with Gasteiger partial charge in [0, 0.05) is 0 Å². The first-order chi connectivity index (χ1) is 23.2. The Morgan fingerprint density at radius 2 is 0.490 bits per heavy atom. The molecular formula is C48H56O. The zero-order valence-electron chi connectivity index (χ0n) is 32.0. The van der Waals surface area contributed by atoms with Gasteiger partial charge in [-0.1, -0.05) is 119 Å². The maximum absolute atomic E-state index is 5.69. The normalized spacial score (nSPS) is 10.0. The minimum atomic E-state index is 0.879. The lowest BCUT2D eigenvalue weighted by molar-refractivity contribution is 0.482. The van der Waals surface area contributed by atoms with E-state index in [1.54, 1.807) is 0 Å². The quantitative estimate of drug-likeness (QED) is 0.186. The van der Waals surface area contributed by atoms with Crippen molar-refractivity contribution >= 4 is 0 Å². The van der Waals surface area contributed by atoms with Gasteiger partial charge in [-0.25, -0.2) is 0 Å². The third-order valence-corrected chi connectivity index (χ3v) is 8.95. The molecule has 0 aliphatic heterocycles. The molecule has 0 unspecified atom stereocenters. The summed E-state index contributed by atoms with van der Waals surface area (Å²) < 4.78 is 5.69. The van der Waals surface area contributed by atoms with Crippen molar-refractivity contribution in [2.75, 3.05) is 0 Å². The van der Waals surface area contributed by atoms with E-state index in [1.165, 1.54) is 77.9 Å². The van der Waals surface area contributed by atoms with E-state index in [0.717, 1.165) is 11.5 Å². The lowest BCUT2D eigenvalue weighted by atomic mass is 9.98. The zero-order chi connectivity index (χ0) is 36.1. The highest BCUT2D eigenvalue weighted by Gasteiger charge is 2.02. The average Bonchev–Trinajstić information content (AvgIpc) is 3.07. The van der Waals surface area contributed by atoms with Gasteiger partial charge in [-0.3, -0.25) is 0 Å². The lowest BCUT2D eigenvalue weighted by Gasteiger charge is -2.08. The minimum absolute atomic E-state index is 0.879. The van der Waals surface area contributed by atoms with Crippen LogP contribution in [0.3, 0.4) is 0 Å². The molecular weight excluding hydrogens is 593 g/mol. The van der Waals surface area contributed by atoms with Crippen molar-refractivity contribution in [3.63, 3.8) is 0 Å². The van der Waals surface area contributed by atoms with Crippen LogP contribution >= 0.6 is 0 Å². The second-order valence-corrected chi connectivity index (χ2v) is 13.5. The third kappa shape index (κ3) is 12.9. The molecule has 0 aliphatic rings. The van der Waals surface area contributed by atoms with E-state index in [-0.39, 0.29) is 0 Å². The summed E-state index contributed by atoms with van der Waals surface area (Å²) in [7, 11) is 0. The fraction of sp³-hybridized carbons (Fsp3) is 0.250. The van der Waals surface area contributed by atoms with E-state index in [1.807, 2.05) is 48.5 Å². The van der Waals surface area contributed by atoms with Gasteiger partial charge in [0.2, 0.25) is 0 Å². The van der Waals surface area contributed by atoms with Crippen molar-refractivity contribution in [3.05, 3.63) is 188 Å². The number of aryl methyl sites for hydroxylation is 12. The Bertz CT molecular complexity index is 1740. The van der Waals surface area contributed by atoms with E-state index < -0.39 is 0 Å². The lowest BCUT2D eigenvalue weighted by Crippen LogP contribution is -1.86. The molecule has 6 rings (SSSR count). The first-order valence-electron chi connectivity index (χ1n) is 17.3. The van der Waals surface area contributed by atoms with Crippen LogP contribution < -0.4 is 4.74 Å². The molecule has 0 fully saturated rings. The van der Waals surface area contributed by atoms with Gasteiger partial charge in [0.1, 0.15) is 11.5 Å². The van der Waals surface area contributed by atoms with Gasteiger partial charge >= 0.3 is 0 Å². The first-order valence-corrected chi connectivity index (χ1v) is 17.3. The molecule has 0 saturated heterocycles. The molecule has 0 amide bonds. The molecule has 0 N–H and O–H groups in total. The summed E-state index contributed by atoms with van der Waals surface area (Å²) in [5.41, 5.74) is 18.8. The van der Waals surface area contributed by atoms with Gasteiger partial charge in [0.15, 0.2) is 0 Å². The second kappa shape index (κ2) is 18.6. The number of benzene rings is 6. The largest absolute Gasteiger partial charge is 0.457 e. The van der Waals surface area contributed by atoms with Crippen molar-refractivity contribution in [1.29, 1.82) is 0 Å². The number of hydrogen-bond acceptors (Lipinski definition) is 1. The molecule has 0 aliphatic carbocycles. The molecule has 1 nitrogen and oxygen atoms in total. The summed E-state index contributed by atoms with van der Waals surface area (Å²) in [6.07, 6.45) is 0. The van der Waals surface area contributed by atoms with Crippen LogP contribution in [0.25, 0.3) is 11.1 Å². The summed E-state index contributed by atoms with van der Waals surface area (Å²) in [5, 5.41) is 0. The van der Waals surface area contributed by atoms with E-state index in [9.17, 15) is 0 Å². The zero-order valence-corrected chi connectivity index (χ0v) is 32.0. The molecule has 0 bridgehead atoms. The highest BCUT2D eigenvalue weighted by Crippen LogP contribution is 2.24. The van der Waals surface area contributed by atoms with Crippen LogP contribution in [-0.2, 0) is 0 Å². The van der Waals surface area contributed by atoms with E-state index in [0.29, 0.717) is 0 Å². The molecule has 6 aromatic carbocycles. The third-order valence-electron chi connectivity index (χ3n) is 8.95. The van der Waals surface area contributed by atoms with Crippen LogP contribution in [-0.4, -0.2) is 0 Å². The maximum Gasteiger partial charge on any atom is 0.127 e. The Labute approximate surface area is 297 Å². The van der Waals surface area contributed by atoms with Crippen molar-refractivity contribution < 1.29 is 4.74 Å². The Balaban J connectivity index is 0.000000183. The summed E-state index contributed by atoms with van der Waals surface area (Å²) in [5.74, 6) is 1.76. The predicted molar refractivity (Wildman–Crippen MR) is 215 cm³/mol. The molecule has 6 aromatic rings. The molecule has 254 valence electrons. The number of ether oxygens (including phenoxy) is 1. The highest BCUT2D eigenvalue weighted by molar-refractivity contribution is 5.66. The van der Waals surface area contributed by atoms with E-state index >= 15 is 0 Å². The molecule has 0 aromatic heterocycles. The van der Waals surface area contributed by atoms with Crippen LogP contribution in [0, 0.1) is 83.1 Å². The van der Waals surface area contributed by atoms with Gasteiger partial charge in [-0.15, -0.1) is 0 Å². The summed E-state index contributed by atoms with van der Waals surface area (Å²) >= 11 is 0. The maximum atomic E-state index is 5.69. The molecule has 0 atom stereocenters. The SMILES string of the molecule is Cc1cc(C)c(C)cc1C.Cc1ccc(-c2ccc(C)c(C)c2)cc1C.Cc1ccc(C)cc1.Cc1ccc(Oc2ccc(C)cc2)cc1. The minimum Gasteiger partial charge on any atom is -0.457 e. The van der Waals surface area contributed by atoms with Crippen molar-refractivity contribution in [2.24, 2.45) is 0 Å². The van der Waals surface area contributed by atoms with Crippen LogP contribution in [0.1, 0.15) is 66.8 Å². The number of rotatable bonds is 3. The van der Waals surface area contributed by atoms with Crippen LogP contribution in [0.5, 0.6) is 11.5 Å². The molecule has 0 radical (unpaired) electrons. The topological polar surface area (TPSA) is 9.23 Å². The Kier molecular flexibility index (Phi) is 14.6. The van der Waals surface area contributed by atoms with E-state index in [4.69, 9.17) is 4.74 Å². The van der Waals surface area contributed by atoms with Gasteiger partial charge in [-0.05, 0) is 163 Å². The van der Waals surface area contributed by atoms with Gasteiger partial charge in [-0.2, -0.15) is 0 Å². The molecule has 0 heterocycles. The summed E-state index contributed by atoms with van der Waals surface area (Å²) in [6.45, 7) is 25.6. The van der Waals surface area contributed by atoms with Gasteiger partial charge in [0.05, 0.1) is 0 Å². The molecule has 0 spiro atoms. The summed E-state index contributed by atoms with van der Waals surface area (Å²) in [6, 6.07) is 42.4. The Morgan fingerprint density at radius 3 is 0.755 bits per heavy atom. The van der Waals surface area contributed by atoms with Crippen LogP contribution in [0.15, 0.2) is 121 Å².